The fourth-order valence-corrected chi connectivity index (χ4v) is 2.22. The van der Waals surface area contributed by atoms with Crippen LogP contribution < -0.4 is 11.1 Å². The zero-order valence-corrected chi connectivity index (χ0v) is 13.1. The maximum absolute atomic E-state index is 5.88. The molecule has 1 aromatic rings. The first kappa shape index (κ1) is 15.7. The fraction of sp³-hybridized carbons (Fsp3) is 0.733. The summed E-state index contributed by atoms with van der Waals surface area (Å²) in [5, 5.41) is 3.47. The van der Waals surface area contributed by atoms with Crippen LogP contribution in [0.2, 0.25) is 0 Å². The van der Waals surface area contributed by atoms with E-state index in [2.05, 4.69) is 56.8 Å². The number of hydrogen-bond acceptors (Lipinski definition) is 4. The van der Waals surface area contributed by atoms with Gasteiger partial charge in [0.15, 0.2) is 0 Å². The van der Waals surface area contributed by atoms with Gasteiger partial charge in [0.1, 0.15) is 17.5 Å². The molecule has 1 aromatic heterocycles. The minimum absolute atomic E-state index is 0.0933. The molecule has 4 heteroatoms. The van der Waals surface area contributed by atoms with Gasteiger partial charge in [0.25, 0.3) is 0 Å². The molecule has 19 heavy (non-hydrogen) atoms. The van der Waals surface area contributed by atoms with Crippen LogP contribution in [0, 0.1) is 5.92 Å². The van der Waals surface area contributed by atoms with E-state index in [9.17, 15) is 0 Å². The van der Waals surface area contributed by atoms with Crippen LogP contribution in [0.25, 0.3) is 0 Å². The zero-order valence-electron chi connectivity index (χ0n) is 13.1. The van der Waals surface area contributed by atoms with Crippen molar-refractivity contribution in [1.82, 2.24) is 9.97 Å². The van der Waals surface area contributed by atoms with Crippen LogP contribution in [0.15, 0.2) is 6.07 Å². The molecule has 0 fully saturated rings. The largest absolute Gasteiger partial charge is 0.384 e. The van der Waals surface area contributed by atoms with Crippen molar-refractivity contribution in [3.63, 3.8) is 0 Å². The van der Waals surface area contributed by atoms with E-state index in [-0.39, 0.29) is 5.41 Å². The van der Waals surface area contributed by atoms with E-state index in [1.807, 2.05) is 6.07 Å². The van der Waals surface area contributed by atoms with Crippen molar-refractivity contribution in [2.45, 2.75) is 65.8 Å². The molecular formula is C15H28N4. The molecule has 0 spiro atoms. The summed E-state index contributed by atoms with van der Waals surface area (Å²) in [4.78, 5) is 8.92. The Labute approximate surface area is 117 Å². The van der Waals surface area contributed by atoms with Crippen LogP contribution >= 0.6 is 0 Å². The third kappa shape index (κ3) is 4.37. The first-order valence-corrected chi connectivity index (χ1v) is 7.19. The van der Waals surface area contributed by atoms with Gasteiger partial charge in [-0.25, -0.2) is 9.97 Å². The maximum Gasteiger partial charge on any atom is 0.138 e. The lowest BCUT2D eigenvalue weighted by Gasteiger charge is -2.24. The summed E-state index contributed by atoms with van der Waals surface area (Å²) in [5.74, 6) is 2.79. The number of nitrogen functional groups attached to an aromatic ring is 1. The molecule has 0 saturated carbocycles. The van der Waals surface area contributed by atoms with Gasteiger partial charge in [-0.2, -0.15) is 0 Å². The van der Waals surface area contributed by atoms with Crippen LogP contribution in [0.1, 0.15) is 60.2 Å². The zero-order chi connectivity index (χ0) is 14.6. The second-order valence-electron chi connectivity index (χ2n) is 6.26. The molecule has 4 nitrogen and oxygen atoms in total. The Kier molecular flexibility index (Phi) is 5.15. The van der Waals surface area contributed by atoms with E-state index < -0.39 is 0 Å². The molecule has 0 aliphatic carbocycles. The molecule has 0 aromatic carbocycles. The van der Waals surface area contributed by atoms with Gasteiger partial charge in [-0.3, -0.25) is 0 Å². The Morgan fingerprint density at radius 1 is 1.21 bits per heavy atom. The standard InChI is InChI=1S/C15H28N4/c1-7-11(8-2)10(3)17-13-9-12(16)18-14(19-13)15(4,5)6/h9-11H,7-8H2,1-6H3,(H3,16,17,18,19). The van der Waals surface area contributed by atoms with Crippen molar-refractivity contribution in [2.24, 2.45) is 5.92 Å². The fourth-order valence-electron chi connectivity index (χ4n) is 2.22. The third-order valence-corrected chi connectivity index (χ3v) is 3.55. The number of nitrogens with one attached hydrogen (secondary N) is 1. The Balaban J connectivity index is 2.93. The average molecular weight is 264 g/mol. The minimum Gasteiger partial charge on any atom is -0.384 e. The van der Waals surface area contributed by atoms with Crippen LogP contribution in [0.3, 0.4) is 0 Å². The minimum atomic E-state index is -0.0933. The van der Waals surface area contributed by atoms with Crippen molar-refractivity contribution in [3.05, 3.63) is 11.9 Å². The summed E-state index contributed by atoms with van der Waals surface area (Å²) in [6.07, 6.45) is 2.33. The van der Waals surface area contributed by atoms with Crippen LogP contribution in [0.4, 0.5) is 11.6 Å². The summed E-state index contributed by atoms with van der Waals surface area (Å²) in [5.41, 5.74) is 5.79. The molecule has 3 N–H and O–H groups in total. The smallest absolute Gasteiger partial charge is 0.138 e. The lowest BCUT2D eigenvalue weighted by molar-refractivity contribution is 0.436. The van der Waals surface area contributed by atoms with Gasteiger partial charge in [0.2, 0.25) is 0 Å². The summed E-state index contributed by atoms with van der Waals surface area (Å²) >= 11 is 0. The molecule has 0 radical (unpaired) electrons. The molecule has 0 aliphatic heterocycles. The van der Waals surface area contributed by atoms with Gasteiger partial charge in [-0.1, -0.05) is 47.5 Å². The van der Waals surface area contributed by atoms with Gasteiger partial charge in [0, 0.05) is 17.5 Å². The molecular weight excluding hydrogens is 236 g/mol. The SMILES string of the molecule is CCC(CC)C(C)Nc1cc(N)nc(C(C)(C)C)n1. The summed E-state index contributed by atoms with van der Waals surface area (Å²) in [6.45, 7) is 12.9. The average Bonchev–Trinajstić information content (AvgIpc) is 2.28. The van der Waals surface area contributed by atoms with Gasteiger partial charge in [-0.05, 0) is 12.8 Å². The lowest BCUT2D eigenvalue weighted by Crippen LogP contribution is -2.26. The van der Waals surface area contributed by atoms with Crippen molar-refractivity contribution in [1.29, 1.82) is 0 Å². The highest BCUT2D eigenvalue weighted by molar-refractivity contribution is 5.46. The molecule has 0 saturated heterocycles. The molecule has 0 aliphatic rings. The quantitative estimate of drug-likeness (QED) is 0.853. The predicted molar refractivity (Wildman–Crippen MR) is 82.3 cm³/mol. The molecule has 1 rings (SSSR count). The number of anilines is 2. The Morgan fingerprint density at radius 2 is 1.79 bits per heavy atom. The lowest BCUT2D eigenvalue weighted by atomic mass is 9.95. The molecule has 0 bridgehead atoms. The number of aromatic nitrogens is 2. The van der Waals surface area contributed by atoms with E-state index in [4.69, 9.17) is 5.73 Å². The Hall–Kier alpha value is -1.32. The van der Waals surface area contributed by atoms with E-state index in [0.717, 1.165) is 24.5 Å². The van der Waals surface area contributed by atoms with Gasteiger partial charge >= 0.3 is 0 Å². The van der Waals surface area contributed by atoms with E-state index in [1.54, 1.807) is 0 Å². The first-order valence-electron chi connectivity index (χ1n) is 7.19. The summed E-state index contributed by atoms with van der Waals surface area (Å²) in [7, 11) is 0. The summed E-state index contributed by atoms with van der Waals surface area (Å²) in [6, 6.07) is 2.20. The highest BCUT2D eigenvalue weighted by Crippen LogP contribution is 2.23. The highest BCUT2D eigenvalue weighted by Gasteiger charge is 2.20. The second-order valence-corrected chi connectivity index (χ2v) is 6.26. The van der Waals surface area contributed by atoms with Gasteiger partial charge in [-0.15, -0.1) is 0 Å². The van der Waals surface area contributed by atoms with E-state index in [1.165, 1.54) is 0 Å². The third-order valence-electron chi connectivity index (χ3n) is 3.55. The topological polar surface area (TPSA) is 63.8 Å². The Morgan fingerprint density at radius 3 is 2.26 bits per heavy atom. The summed E-state index contributed by atoms with van der Waals surface area (Å²) < 4.78 is 0. The number of rotatable bonds is 5. The number of nitrogens with zero attached hydrogens (tertiary/aromatic N) is 2. The first-order chi connectivity index (χ1) is 8.77. The number of hydrogen-bond donors (Lipinski definition) is 2. The second kappa shape index (κ2) is 6.22. The maximum atomic E-state index is 5.88. The van der Waals surface area contributed by atoms with Crippen LogP contribution in [0.5, 0.6) is 0 Å². The van der Waals surface area contributed by atoms with Gasteiger partial charge in [0.05, 0.1) is 0 Å². The van der Waals surface area contributed by atoms with Crippen LogP contribution in [-0.4, -0.2) is 16.0 Å². The highest BCUT2D eigenvalue weighted by atomic mass is 15.1. The molecule has 1 unspecified atom stereocenters. The van der Waals surface area contributed by atoms with Crippen molar-refractivity contribution in [2.75, 3.05) is 11.1 Å². The molecule has 1 heterocycles. The van der Waals surface area contributed by atoms with E-state index >= 15 is 0 Å². The van der Waals surface area contributed by atoms with Gasteiger partial charge < -0.3 is 11.1 Å². The van der Waals surface area contributed by atoms with Crippen molar-refractivity contribution in [3.8, 4) is 0 Å². The van der Waals surface area contributed by atoms with Crippen molar-refractivity contribution < 1.29 is 0 Å². The normalized spacial score (nSPS) is 13.6. The predicted octanol–water partition coefficient (Wildman–Crippen LogP) is 3.59. The Bertz CT molecular complexity index is 405. The molecule has 0 amide bonds. The van der Waals surface area contributed by atoms with E-state index in [0.29, 0.717) is 17.8 Å². The van der Waals surface area contributed by atoms with Crippen LogP contribution in [-0.2, 0) is 5.41 Å². The molecule has 108 valence electrons. The monoisotopic (exact) mass is 264 g/mol. The van der Waals surface area contributed by atoms with Crippen molar-refractivity contribution >= 4 is 11.6 Å². The number of nitrogens with two attached hydrogens (primary N) is 1. The molecule has 1 atom stereocenters.